The quantitative estimate of drug-likeness (QED) is 0.652. The highest BCUT2D eigenvalue weighted by Crippen LogP contribution is 2.30. The Labute approximate surface area is 118 Å². The van der Waals surface area contributed by atoms with Gasteiger partial charge in [-0.1, -0.05) is 0 Å². The number of benzene rings is 1. The maximum absolute atomic E-state index is 10.9. The van der Waals surface area contributed by atoms with E-state index < -0.39 is 4.92 Å². The third kappa shape index (κ3) is 3.58. The number of nitrogens with one attached hydrogen (secondary N) is 1. The van der Waals surface area contributed by atoms with Crippen molar-refractivity contribution < 1.29 is 9.66 Å². The summed E-state index contributed by atoms with van der Waals surface area (Å²) in [5.41, 5.74) is 4.08. The topological polar surface area (TPSA) is 70.9 Å². The Balaban J connectivity index is 2.08. The first-order valence-corrected chi connectivity index (χ1v) is 6.71. The largest absolute Gasteiger partial charge is 0.487 e. The van der Waals surface area contributed by atoms with Crippen molar-refractivity contribution in [3.05, 3.63) is 28.3 Å². The summed E-state index contributed by atoms with van der Waals surface area (Å²) in [4.78, 5) is 12.8. The number of nitro groups is 1. The molecule has 0 spiro atoms. The van der Waals surface area contributed by atoms with Gasteiger partial charge in [0.05, 0.1) is 17.2 Å². The number of nitrogens with zero attached hydrogens (tertiary/aromatic N) is 3. The predicted octanol–water partition coefficient (Wildman–Crippen LogP) is 1.57. The molecule has 0 aromatic heterocycles. The van der Waals surface area contributed by atoms with E-state index in [0.29, 0.717) is 12.4 Å². The van der Waals surface area contributed by atoms with Crippen LogP contribution in [0, 0.1) is 10.1 Å². The molecule has 110 valence electrons. The zero-order chi connectivity index (χ0) is 14.5. The van der Waals surface area contributed by atoms with E-state index in [1.165, 1.54) is 6.07 Å². The first kappa shape index (κ1) is 14.5. The van der Waals surface area contributed by atoms with Gasteiger partial charge in [0.15, 0.2) is 5.75 Å². The predicted molar refractivity (Wildman–Crippen MR) is 77.0 cm³/mol. The molecule has 2 rings (SSSR count). The Hall–Kier alpha value is -1.86. The first-order chi connectivity index (χ1) is 9.60. The van der Waals surface area contributed by atoms with Crippen molar-refractivity contribution in [2.75, 3.05) is 45.3 Å². The molecule has 7 nitrogen and oxygen atoms in total. The molecule has 0 atom stereocenters. The van der Waals surface area contributed by atoms with Gasteiger partial charge in [-0.3, -0.25) is 10.1 Å². The van der Waals surface area contributed by atoms with E-state index in [2.05, 4.69) is 22.4 Å². The smallest absolute Gasteiger partial charge is 0.311 e. The van der Waals surface area contributed by atoms with Crippen molar-refractivity contribution >= 4 is 11.4 Å². The lowest BCUT2D eigenvalue weighted by atomic mass is 10.2. The Morgan fingerprint density at radius 1 is 1.35 bits per heavy atom. The van der Waals surface area contributed by atoms with Gasteiger partial charge in [-0.15, -0.1) is 0 Å². The minimum Gasteiger partial charge on any atom is -0.487 e. The highest BCUT2D eigenvalue weighted by molar-refractivity contribution is 5.57. The number of piperazine rings is 1. The lowest BCUT2D eigenvalue weighted by molar-refractivity contribution is -0.385. The van der Waals surface area contributed by atoms with E-state index in [4.69, 9.17) is 4.74 Å². The summed E-state index contributed by atoms with van der Waals surface area (Å²) in [5, 5.41) is 13.0. The van der Waals surface area contributed by atoms with Crippen LogP contribution in [0.15, 0.2) is 18.2 Å². The number of hydrazine groups is 1. The molecule has 20 heavy (non-hydrogen) atoms. The third-order valence-electron chi connectivity index (χ3n) is 3.25. The SMILES string of the molecule is CCOc1cc(NN2CCN(C)CC2)ccc1[N+](=O)[O-]. The second-order valence-corrected chi connectivity index (χ2v) is 4.77. The van der Waals surface area contributed by atoms with Gasteiger partial charge in [0.2, 0.25) is 0 Å². The monoisotopic (exact) mass is 280 g/mol. The lowest BCUT2D eigenvalue weighted by Gasteiger charge is -2.33. The van der Waals surface area contributed by atoms with Crippen LogP contribution in [0.25, 0.3) is 0 Å². The molecule has 1 fully saturated rings. The summed E-state index contributed by atoms with van der Waals surface area (Å²) in [7, 11) is 2.09. The molecule has 0 bridgehead atoms. The highest BCUT2D eigenvalue weighted by Gasteiger charge is 2.17. The second-order valence-electron chi connectivity index (χ2n) is 4.77. The third-order valence-corrected chi connectivity index (χ3v) is 3.25. The van der Waals surface area contributed by atoms with E-state index in [1.807, 2.05) is 6.92 Å². The highest BCUT2D eigenvalue weighted by atomic mass is 16.6. The number of anilines is 1. The van der Waals surface area contributed by atoms with Crippen molar-refractivity contribution in [1.82, 2.24) is 9.91 Å². The minimum atomic E-state index is -0.426. The van der Waals surface area contributed by atoms with Gasteiger partial charge < -0.3 is 15.1 Å². The Kier molecular flexibility index (Phi) is 4.75. The van der Waals surface area contributed by atoms with Gasteiger partial charge in [-0.05, 0) is 20.0 Å². The van der Waals surface area contributed by atoms with Crippen LogP contribution in [0.4, 0.5) is 11.4 Å². The molecule has 1 aliphatic heterocycles. The fraction of sp³-hybridized carbons (Fsp3) is 0.538. The molecule has 0 amide bonds. The molecule has 1 N–H and O–H groups in total. The van der Waals surface area contributed by atoms with Crippen LogP contribution in [0.3, 0.4) is 0 Å². The maximum atomic E-state index is 10.9. The fourth-order valence-electron chi connectivity index (χ4n) is 2.11. The van der Waals surface area contributed by atoms with Crippen molar-refractivity contribution in [2.24, 2.45) is 0 Å². The average molecular weight is 280 g/mol. The summed E-state index contributed by atoms with van der Waals surface area (Å²) in [6.45, 7) is 6.04. The molecule has 1 saturated heterocycles. The lowest BCUT2D eigenvalue weighted by Crippen LogP contribution is -2.46. The zero-order valence-corrected chi connectivity index (χ0v) is 11.8. The number of likely N-dealkylation sites (N-methyl/N-ethyl adjacent to an activating group) is 1. The van der Waals surface area contributed by atoms with E-state index in [0.717, 1.165) is 31.9 Å². The standard InChI is InChI=1S/C13H20N4O3/c1-3-20-13-10-11(4-5-12(13)17(18)19)14-16-8-6-15(2)7-9-16/h4-5,10,14H,3,6-9H2,1-2H3. The summed E-state index contributed by atoms with van der Waals surface area (Å²) in [6.07, 6.45) is 0. The minimum absolute atomic E-state index is 0.00391. The van der Waals surface area contributed by atoms with Crippen LogP contribution in [-0.2, 0) is 0 Å². The average Bonchev–Trinajstić information content (AvgIpc) is 2.42. The summed E-state index contributed by atoms with van der Waals surface area (Å²) in [5.74, 6) is 0.302. The van der Waals surface area contributed by atoms with Gasteiger partial charge in [-0.2, -0.15) is 0 Å². The summed E-state index contributed by atoms with van der Waals surface area (Å²) >= 11 is 0. The normalized spacial score (nSPS) is 16.9. The van der Waals surface area contributed by atoms with Gasteiger partial charge in [0, 0.05) is 38.3 Å². The van der Waals surface area contributed by atoms with E-state index in [9.17, 15) is 10.1 Å². The number of hydrogen-bond acceptors (Lipinski definition) is 6. The molecule has 0 unspecified atom stereocenters. The van der Waals surface area contributed by atoms with Gasteiger partial charge in [-0.25, -0.2) is 5.01 Å². The van der Waals surface area contributed by atoms with Crippen LogP contribution in [-0.4, -0.2) is 54.7 Å². The molecule has 1 aliphatic rings. The van der Waals surface area contributed by atoms with E-state index in [-0.39, 0.29) is 5.69 Å². The van der Waals surface area contributed by atoms with Gasteiger partial charge in [0.1, 0.15) is 0 Å². The molecule has 0 saturated carbocycles. The number of ether oxygens (including phenoxy) is 1. The first-order valence-electron chi connectivity index (χ1n) is 6.71. The van der Waals surface area contributed by atoms with Crippen LogP contribution in [0.2, 0.25) is 0 Å². The fourth-order valence-corrected chi connectivity index (χ4v) is 2.11. The van der Waals surface area contributed by atoms with Crippen LogP contribution in [0.1, 0.15) is 6.92 Å². The molecular weight excluding hydrogens is 260 g/mol. The number of rotatable bonds is 5. The van der Waals surface area contributed by atoms with Crippen molar-refractivity contribution in [3.63, 3.8) is 0 Å². The van der Waals surface area contributed by atoms with Crippen molar-refractivity contribution in [3.8, 4) is 5.75 Å². The molecular formula is C13H20N4O3. The van der Waals surface area contributed by atoms with Crippen molar-refractivity contribution in [1.29, 1.82) is 0 Å². The number of nitro benzene ring substituents is 1. The van der Waals surface area contributed by atoms with E-state index >= 15 is 0 Å². The van der Waals surface area contributed by atoms with E-state index in [1.54, 1.807) is 12.1 Å². The molecule has 1 aromatic rings. The summed E-state index contributed by atoms with van der Waals surface area (Å²) < 4.78 is 5.34. The van der Waals surface area contributed by atoms with Gasteiger partial charge >= 0.3 is 5.69 Å². The molecule has 0 radical (unpaired) electrons. The van der Waals surface area contributed by atoms with Crippen LogP contribution in [0.5, 0.6) is 5.75 Å². The zero-order valence-electron chi connectivity index (χ0n) is 11.8. The summed E-state index contributed by atoms with van der Waals surface area (Å²) in [6, 6.07) is 4.86. The Bertz CT molecular complexity index is 473. The molecule has 0 aliphatic carbocycles. The van der Waals surface area contributed by atoms with Crippen LogP contribution >= 0.6 is 0 Å². The maximum Gasteiger partial charge on any atom is 0.311 e. The Morgan fingerprint density at radius 3 is 2.65 bits per heavy atom. The molecule has 7 heteroatoms. The van der Waals surface area contributed by atoms with Crippen LogP contribution < -0.4 is 10.2 Å². The molecule has 1 heterocycles. The second kappa shape index (κ2) is 6.53. The van der Waals surface area contributed by atoms with Gasteiger partial charge in [0.25, 0.3) is 0 Å². The number of hydrogen-bond donors (Lipinski definition) is 1. The Morgan fingerprint density at radius 2 is 2.05 bits per heavy atom. The molecule has 1 aromatic carbocycles. The van der Waals surface area contributed by atoms with Crippen molar-refractivity contribution in [2.45, 2.75) is 6.92 Å².